The number of rotatable bonds is 3. The van der Waals surface area contributed by atoms with Crippen LogP contribution >= 0.6 is 11.8 Å². The van der Waals surface area contributed by atoms with E-state index >= 15 is 0 Å². The molecule has 0 fully saturated rings. The van der Waals surface area contributed by atoms with E-state index in [1.165, 1.54) is 0 Å². The van der Waals surface area contributed by atoms with E-state index in [4.69, 9.17) is 0 Å². The number of hydrogen-bond donors (Lipinski definition) is 1. The summed E-state index contributed by atoms with van der Waals surface area (Å²) in [6.07, 6.45) is 0. The molecular formula is C12H10N4OS. The zero-order valence-electron chi connectivity index (χ0n) is 9.35. The van der Waals surface area contributed by atoms with E-state index in [0.29, 0.717) is 0 Å². The molecule has 6 heteroatoms. The van der Waals surface area contributed by atoms with Crippen LogP contribution in [0.25, 0.3) is 10.8 Å². The second-order valence-corrected chi connectivity index (χ2v) is 4.63. The summed E-state index contributed by atoms with van der Waals surface area (Å²) >= 11 is 1.07. The van der Waals surface area contributed by atoms with Crippen LogP contribution in [0.5, 0.6) is 0 Å². The normalized spacial score (nSPS) is 18.0. The number of hydrogen-bond acceptors (Lipinski definition) is 6. The van der Waals surface area contributed by atoms with Crippen LogP contribution < -0.4 is 10.5 Å². The van der Waals surface area contributed by atoms with Crippen LogP contribution in [-0.4, -0.2) is 11.1 Å². The maximum Gasteiger partial charge on any atom is 0.217 e. The zero-order chi connectivity index (χ0) is 12.4. The molecule has 0 spiro atoms. The van der Waals surface area contributed by atoms with E-state index in [1.807, 2.05) is 42.5 Å². The summed E-state index contributed by atoms with van der Waals surface area (Å²) in [4.78, 5) is 10.6. The number of anilines is 1. The minimum atomic E-state index is -0.353. The highest BCUT2D eigenvalue weighted by Gasteiger charge is 2.24. The minimum absolute atomic E-state index is 0.353. The van der Waals surface area contributed by atoms with Gasteiger partial charge < -0.3 is 0 Å². The summed E-state index contributed by atoms with van der Waals surface area (Å²) in [5.41, 5.74) is 4.19. The van der Waals surface area contributed by atoms with Gasteiger partial charge in [-0.3, -0.25) is 4.79 Å². The van der Waals surface area contributed by atoms with Crippen molar-refractivity contribution in [3.63, 3.8) is 0 Å². The van der Waals surface area contributed by atoms with Gasteiger partial charge in [-0.05, 0) is 23.2 Å². The van der Waals surface area contributed by atoms with Gasteiger partial charge in [0.2, 0.25) is 5.50 Å². The largest absolute Gasteiger partial charge is 0.291 e. The van der Waals surface area contributed by atoms with Crippen LogP contribution in [0.1, 0.15) is 0 Å². The Hall–Kier alpha value is -2.08. The molecule has 18 heavy (non-hydrogen) atoms. The maximum atomic E-state index is 10.6. The Balaban J connectivity index is 2.06. The number of carbonyl (C=O) groups is 1. The first-order valence-corrected chi connectivity index (χ1v) is 6.36. The maximum absolute atomic E-state index is 10.6. The fourth-order valence-corrected chi connectivity index (χ4v) is 2.44. The first-order valence-electron chi connectivity index (χ1n) is 5.42. The Morgan fingerprint density at radius 2 is 2.06 bits per heavy atom. The van der Waals surface area contributed by atoms with Crippen molar-refractivity contribution in [1.29, 1.82) is 0 Å². The van der Waals surface area contributed by atoms with Crippen molar-refractivity contribution in [3.05, 3.63) is 42.5 Å². The van der Waals surface area contributed by atoms with E-state index < -0.39 is 0 Å². The second kappa shape index (κ2) is 4.66. The van der Waals surface area contributed by atoms with E-state index in [-0.39, 0.29) is 5.50 Å². The lowest BCUT2D eigenvalue weighted by Crippen LogP contribution is -2.35. The molecule has 1 N–H and O–H groups in total. The number of fused-ring (bicyclic) bond motifs is 1. The topological polar surface area (TPSA) is 57.1 Å². The monoisotopic (exact) mass is 258 g/mol. The van der Waals surface area contributed by atoms with Gasteiger partial charge in [0.05, 0.1) is 5.69 Å². The smallest absolute Gasteiger partial charge is 0.217 e. The van der Waals surface area contributed by atoms with Crippen LogP contribution in [0.4, 0.5) is 5.69 Å². The Labute approximate surface area is 108 Å². The molecule has 0 radical (unpaired) electrons. The van der Waals surface area contributed by atoms with Gasteiger partial charge in [-0.15, -0.1) is 5.11 Å². The number of carbonyl (C=O) groups excluding carboxylic acids is 1. The van der Waals surface area contributed by atoms with Gasteiger partial charge in [-0.2, -0.15) is 5.53 Å². The fraction of sp³-hybridized carbons (Fsp3) is 0.0833. The van der Waals surface area contributed by atoms with Crippen LogP contribution in [0.15, 0.2) is 52.8 Å². The number of benzene rings is 2. The lowest BCUT2D eigenvalue weighted by Gasteiger charge is -2.22. The van der Waals surface area contributed by atoms with Gasteiger partial charge in [0.1, 0.15) is 0 Å². The molecule has 5 nitrogen and oxygen atoms in total. The molecule has 0 bridgehead atoms. The number of nitrogens with zero attached hydrogens (tertiary/aromatic N) is 3. The molecule has 1 unspecified atom stereocenters. The number of hydrazine groups is 1. The van der Waals surface area contributed by atoms with Crippen molar-refractivity contribution in [2.45, 2.75) is 5.50 Å². The van der Waals surface area contributed by atoms with E-state index in [9.17, 15) is 4.79 Å². The van der Waals surface area contributed by atoms with Gasteiger partial charge in [0.25, 0.3) is 0 Å². The molecule has 0 aliphatic carbocycles. The van der Waals surface area contributed by atoms with Crippen molar-refractivity contribution in [1.82, 2.24) is 5.53 Å². The lowest BCUT2D eigenvalue weighted by atomic mass is 10.1. The average Bonchev–Trinajstić information content (AvgIpc) is 2.87. The first-order chi connectivity index (χ1) is 8.90. The van der Waals surface area contributed by atoms with Gasteiger partial charge >= 0.3 is 0 Å². The summed E-state index contributed by atoms with van der Waals surface area (Å²) in [6.45, 7) is 0. The Morgan fingerprint density at radius 1 is 1.22 bits per heavy atom. The molecule has 1 heterocycles. The predicted molar refractivity (Wildman–Crippen MR) is 72.5 cm³/mol. The first kappa shape index (κ1) is 11.0. The van der Waals surface area contributed by atoms with Crippen molar-refractivity contribution in [2.24, 2.45) is 10.3 Å². The fourth-order valence-electron chi connectivity index (χ4n) is 1.95. The molecule has 3 rings (SSSR count). The SMILES string of the molecule is O=CSC1N=NNN1c1cccc2ccccc12. The van der Waals surface area contributed by atoms with Gasteiger partial charge in [0.15, 0.2) is 5.62 Å². The van der Waals surface area contributed by atoms with Crippen LogP contribution in [0.3, 0.4) is 0 Å². The van der Waals surface area contributed by atoms with Crippen LogP contribution in [-0.2, 0) is 4.79 Å². The standard InChI is InChI=1S/C12H10N4OS/c17-8-18-12-13-14-15-16(12)11-7-3-5-9-4-1-2-6-10(9)11/h1-8,12H,(H,13,15). The Bertz CT molecular complexity index is 611. The van der Waals surface area contributed by atoms with Crippen LogP contribution in [0.2, 0.25) is 0 Å². The third-order valence-electron chi connectivity index (χ3n) is 2.73. The molecule has 0 saturated carbocycles. The third-order valence-corrected chi connectivity index (χ3v) is 3.39. The predicted octanol–water partition coefficient (Wildman–Crippen LogP) is 2.74. The van der Waals surface area contributed by atoms with Crippen LogP contribution in [0, 0.1) is 0 Å². The van der Waals surface area contributed by atoms with E-state index in [0.717, 1.165) is 33.8 Å². The second-order valence-electron chi connectivity index (χ2n) is 3.74. The van der Waals surface area contributed by atoms with Gasteiger partial charge in [-0.25, -0.2) is 5.01 Å². The highest BCUT2D eigenvalue weighted by molar-refractivity contribution is 8.12. The van der Waals surface area contributed by atoms with Crippen molar-refractivity contribution in [2.75, 3.05) is 5.01 Å². The van der Waals surface area contributed by atoms with Gasteiger partial charge in [0, 0.05) is 5.39 Å². The Morgan fingerprint density at radius 3 is 2.94 bits per heavy atom. The molecule has 0 aromatic heterocycles. The van der Waals surface area contributed by atoms with E-state index in [1.54, 1.807) is 5.01 Å². The molecule has 1 aliphatic rings. The van der Waals surface area contributed by atoms with Crippen molar-refractivity contribution >= 4 is 33.8 Å². The van der Waals surface area contributed by atoms with E-state index in [2.05, 4.69) is 15.9 Å². The molecule has 2 aromatic carbocycles. The average molecular weight is 258 g/mol. The summed E-state index contributed by atoms with van der Waals surface area (Å²) in [5.74, 6) is 0. The summed E-state index contributed by atoms with van der Waals surface area (Å²) < 4.78 is 0. The van der Waals surface area contributed by atoms with Crippen molar-refractivity contribution in [3.8, 4) is 0 Å². The van der Waals surface area contributed by atoms with Crippen molar-refractivity contribution < 1.29 is 4.79 Å². The third kappa shape index (κ3) is 1.80. The summed E-state index contributed by atoms with van der Waals surface area (Å²) in [7, 11) is 0. The van der Waals surface area contributed by atoms with Gasteiger partial charge in [-0.1, -0.05) is 41.6 Å². The zero-order valence-corrected chi connectivity index (χ0v) is 10.2. The molecule has 1 aliphatic heterocycles. The lowest BCUT2D eigenvalue weighted by molar-refractivity contribution is 0.569. The highest BCUT2D eigenvalue weighted by atomic mass is 32.2. The molecular weight excluding hydrogens is 248 g/mol. The highest BCUT2D eigenvalue weighted by Crippen LogP contribution is 2.31. The molecule has 2 aromatic rings. The minimum Gasteiger partial charge on any atom is -0.291 e. The number of nitrogens with one attached hydrogen (secondary N) is 1. The summed E-state index contributed by atoms with van der Waals surface area (Å²) in [5, 5.41) is 11.7. The molecule has 90 valence electrons. The molecule has 0 saturated heterocycles. The number of thioether (sulfide) groups is 1. The Kier molecular flexibility index (Phi) is 2.85. The molecule has 1 atom stereocenters. The summed E-state index contributed by atoms with van der Waals surface area (Å²) in [6, 6.07) is 14.1. The quantitative estimate of drug-likeness (QED) is 0.860. The molecule has 0 amide bonds.